The molecule has 1 unspecified atom stereocenters. The maximum Gasteiger partial charge on any atom is 0.129 e. The lowest BCUT2D eigenvalue weighted by Crippen LogP contribution is -2.19. The Hall–Kier alpha value is -1.45. The van der Waals surface area contributed by atoms with Crippen LogP contribution in [-0.2, 0) is 0 Å². The average molecular weight is 251 g/mol. The van der Waals surface area contributed by atoms with E-state index in [2.05, 4.69) is 10.3 Å². The Balaban J connectivity index is 2.42. The third kappa shape index (κ3) is 2.62. The molecule has 1 aromatic carbocycles. The lowest BCUT2D eigenvalue weighted by molar-refractivity contribution is 0.575. The first kappa shape index (κ1) is 12.0. The number of aromatic nitrogens is 1. The van der Waals surface area contributed by atoms with Crippen LogP contribution in [0.5, 0.6) is 0 Å². The van der Waals surface area contributed by atoms with Gasteiger partial charge in [0.15, 0.2) is 0 Å². The van der Waals surface area contributed by atoms with Crippen LogP contribution in [0.1, 0.15) is 17.2 Å². The van der Waals surface area contributed by atoms with E-state index in [1.165, 1.54) is 6.07 Å². The summed E-state index contributed by atoms with van der Waals surface area (Å²) in [4.78, 5) is 4.04. The third-order valence-corrected chi connectivity index (χ3v) is 2.82. The fourth-order valence-corrected chi connectivity index (χ4v) is 1.94. The van der Waals surface area contributed by atoms with Gasteiger partial charge in [-0.25, -0.2) is 4.39 Å². The van der Waals surface area contributed by atoms with Crippen LogP contribution >= 0.6 is 11.6 Å². The normalized spacial score (nSPS) is 12.4. The highest BCUT2D eigenvalue weighted by molar-refractivity contribution is 6.30. The fourth-order valence-electron chi connectivity index (χ4n) is 1.78. The molecule has 0 aliphatic rings. The zero-order valence-corrected chi connectivity index (χ0v) is 10.1. The van der Waals surface area contributed by atoms with Crippen molar-refractivity contribution in [1.29, 1.82) is 0 Å². The van der Waals surface area contributed by atoms with Crippen LogP contribution in [-0.4, -0.2) is 12.0 Å². The molecule has 0 aliphatic carbocycles. The molecule has 1 aromatic heterocycles. The first-order valence-electron chi connectivity index (χ1n) is 5.24. The molecule has 0 bridgehead atoms. The van der Waals surface area contributed by atoms with E-state index in [9.17, 15) is 4.39 Å². The highest BCUT2D eigenvalue weighted by Crippen LogP contribution is 2.25. The summed E-state index contributed by atoms with van der Waals surface area (Å²) in [5.41, 5.74) is 1.47. The van der Waals surface area contributed by atoms with Crippen molar-refractivity contribution in [1.82, 2.24) is 10.3 Å². The van der Waals surface area contributed by atoms with Crippen LogP contribution in [0.15, 0.2) is 42.7 Å². The number of hydrogen-bond acceptors (Lipinski definition) is 2. The Labute approximate surface area is 104 Å². The molecule has 0 spiro atoms. The summed E-state index contributed by atoms with van der Waals surface area (Å²) in [6.07, 6.45) is 3.41. The van der Waals surface area contributed by atoms with E-state index in [1.807, 2.05) is 12.1 Å². The van der Waals surface area contributed by atoms with Crippen LogP contribution in [0.4, 0.5) is 4.39 Å². The van der Waals surface area contributed by atoms with E-state index in [-0.39, 0.29) is 11.9 Å². The van der Waals surface area contributed by atoms with Gasteiger partial charge in [0.2, 0.25) is 0 Å². The molecule has 88 valence electrons. The van der Waals surface area contributed by atoms with Gasteiger partial charge in [0, 0.05) is 23.0 Å². The van der Waals surface area contributed by atoms with Crippen molar-refractivity contribution in [2.75, 3.05) is 7.05 Å². The van der Waals surface area contributed by atoms with Gasteiger partial charge >= 0.3 is 0 Å². The molecule has 1 N–H and O–H groups in total. The maximum atomic E-state index is 13.8. The molecular formula is C13H12ClFN2. The van der Waals surface area contributed by atoms with Gasteiger partial charge in [0.05, 0.1) is 6.04 Å². The van der Waals surface area contributed by atoms with E-state index >= 15 is 0 Å². The highest BCUT2D eigenvalue weighted by atomic mass is 35.5. The largest absolute Gasteiger partial charge is 0.309 e. The Morgan fingerprint density at radius 2 is 2.18 bits per heavy atom. The molecule has 0 saturated carbocycles. The van der Waals surface area contributed by atoms with Crippen molar-refractivity contribution in [3.05, 3.63) is 64.7 Å². The maximum absolute atomic E-state index is 13.8. The van der Waals surface area contributed by atoms with Gasteiger partial charge in [-0.05, 0) is 30.8 Å². The monoisotopic (exact) mass is 250 g/mol. The summed E-state index contributed by atoms with van der Waals surface area (Å²) in [6, 6.07) is 8.20. The van der Waals surface area contributed by atoms with Crippen molar-refractivity contribution in [2.45, 2.75) is 6.04 Å². The number of hydrogen-bond donors (Lipinski definition) is 1. The Morgan fingerprint density at radius 1 is 1.35 bits per heavy atom. The van der Waals surface area contributed by atoms with E-state index in [1.54, 1.807) is 31.6 Å². The van der Waals surface area contributed by atoms with Crippen LogP contribution in [0.2, 0.25) is 5.02 Å². The second kappa shape index (κ2) is 5.25. The topological polar surface area (TPSA) is 24.9 Å². The quantitative estimate of drug-likeness (QED) is 0.905. The lowest BCUT2D eigenvalue weighted by Gasteiger charge is -2.17. The standard InChI is InChI=1S/C13H12ClFN2/c1-16-13(9-3-2-6-17-8-9)11-5-4-10(14)7-12(11)15/h2-8,13,16H,1H3. The van der Waals surface area contributed by atoms with Gasteiger partial charge in [-0.1, -0.05) is 23.7 Å². The first-order valence-corrected chi connectivity index (χ1v) is 5.62. The lowest BCUT2D eigenvalue weighted by atomic mass is 10.00. The Morgan fingerprint density at radius 3 is 2.76 bits per heavy atom. The van der Waals surface area contributed by atoms with E-state index in [0.29, 0.717) is 10.6 Å². The first-order chi connectivity index (χ1) is 8.22. The average Bonchev–Trinajstić information content (AvgIpc) is 2.34. The number of halogens is 2. The minimum atomic E-state index is -0.319. The SMILES string of the molecule is CNC(c1cccnc1)c1ccc(Cl)cc1F. The van der Waals surface area contributed by atoms with Gasteiger partial charge in [-0.2, -0.15) is 0 Å². The highest BCUT2D eigenvalue weighted by Gasteiger charge is 2.16. The molecule has 0 aliphatic heterocycles. The second-order valence-corrected chi connectivity index (χ2v) is 4.11. The Bertz CT molecular complexity index is 502. The molecule has 2 aromatic rings. The minimum Gasteiger partial charge on any atom is -0.309 e. The molecule has 1 atom stereocenters. The van der Waals surface area contributed by atoms with E-state index in [4.69, 9.17) is 11.6 Å². The van der Waals surface area contributed by atoms with Crippen LogP contribution in [0.25, 0.3) is 0 Å². The predicted molar refractivity (Wildman–Crippen MR) is 66.5 cm³/mol. The van der Waals surface area contributed by atoms with Gasteiger partial charge in [0.1, 0.15) is 5.82 Å². The van der Waals surface area contributed by atoms with Crippen LogP contribution < -0.4 is 5.32 Å². The summed E-state index contributed by atoms with van der Waals surface area (Å²) >= 11 is 5.74. The van der Waals surface area contributed by atoms with Crippen molar-refractivity contribution >= 4 is 11.6 Å². The summed E-state index contributed by atoms with van der Waals surface area (Å²) in [6.45, 7) is 0. The van der Waals surface area contributed by atoms with Crippen LogP contribution in [0.3, 0.4) is 0 Å². The predicted octanol–water partition coefficient (Wildman–Crippen LogP) is 3.18. The fraction of sp³-hybridized carbons (Fsp3) is 0.154. The van der Waals surface area contributed by atoms with Crippen molar-refractivity contribution in [3.8, 4) is 0 Å². The minimum absolute atomic E-state index is 0.221. The summed E-state index contributed by atoms with van der Waals surface area (Å²) in [7, 11) is 1.78. The van der Waals surface area contributed by atoms with Crippen molar-refractivity contribution < 1.29 is 4.39 Å². The Kier molecular flexibility index (Phi) is 3.71. The molecule has 4 heteroatoms. The molecule has 0 radical (unpaired) electrons. The molecular weight excluding hydrogens is 239 g/mol. The third-order valence-electron chi connectivity index (χ3n) is 2.58. The van der Waals surface area contributed by atoms with E-state index < -0.39 is 0 Å². The van der Waals surface area contributed by atoms with Crippen LogP contribution in [0, 0.1) is 5.82 Å². The smallest absolute Gasteiger partial charge is 0.129 e. The zero-order chi connectivity index (χ0) is 12.3. The van der Waals surface area contributed by atoms with Gasteiger partial charge < -0.3 is 5.32 Å². The molecule has 0 fully saturated rings. The van der Waals surface area contributed by atoms with Gasteiger partial charge in [-0.3, -0.25) is 4.98 Å². The summed E-state index contributed by atoms with van der Waals surface area (Å²) in [5.74, 6) is -0.319. The van der Waals surface area contributed by atoms with Crippen molar-refractivity contribution in [3.63, 3.8) is 0 Å². The molecule has 0 amide bonds. The molecule has 1 heterocycles. The van der Waals surface area contributed by atoms with Crippen molar-refractivity contribution in [2.24, 2.45) is 0 Å². The molecule has 2 nitrogen and oxygen atoms in total. The zero-order valence-electron chi connectivity index (χ0n) is 9.32. The number of benzene rings is 1. The molecule has 17 heavy (non-hydrogen) atoms. The number of nitrogens with zero attached hydrogens (tertiary/aromatic N) is 1. The number of nitrogens with one attached hydrogen (secondary N) is 1. The molecule has 2 rings (SSSR count). The summed E-state index contributed by atoms with van der Waals surface area (Å²) < 4.78 is 13.8. The van der Waals surface area contributed by atoms with Gasteiger partial charge in [-0.15, -0.1) is 0 Å². The molecule has 0 saturated heterocycles. The number of pyridine rings is 1. The number of rotatable bonds is 3. The summed E-state index contributed by atoms with van der Waals surface area (Å²) in [5, 5.41) is 3.47. The second-order valence-electron chi connectivity index (χ2n) is 3.67. The van der Waals surface area contributed by atoms with Gasteiger partial charge in [0.25, 0.3) is 0 Å². The van der Waals surface area contributed by atoms with E-state index in [0.717, 1.165) is 5.56 Å².